The Morgan fingerprint density at radius 1 is 1.17 bits per heavy atom. The van der Waals surface area contributed by atoms with Crippen LogP contribution in [0.5, 0.6) is 5.75 Å². The number of aromatic hydroxyl groups is 1. The molecule has 1 heterocycles. The topological polar surface area (TPSA) is 171 Å². The zero-order valence-corrected chi connectivity index (χ0v) is 19.4. The van der Waals surface area contributed by atoms with Crippen molar-refractivity contribution in [3.8, 4) is 5.75 Å². The number of hydrogen-bond acceptors (Lipinski definition) is 9. The lowest BCUT2D eigenvalue weighted by Gasteiger charge is -2.50. The van der Waals surface area contributed by atoms with Crippen LogP contribution in [0.15, 0.2) is 34.8 Å². The van der Waals surface area contributed by atoms with Gasteiger partial charge in [-0.25, -0.2) is 0 Å². The Bertz CT molecular complexity index is 1230. The molecule has 0 spiro atoms. The summed E-state index contributed by atoms with van der Waals surface area (Å²) in [6.07, 6.45) is 1.13. The number of carbonyl (C=O) groups excluding carboxylic acids is 3. The Hall–Kier alpha value is -3.21. The van der Waals surface area contributed by atoms with Gasteiger partial charge in [0, 0.05) is 24.0 Å². The fourth-order valence-corrected chi connectivity index (χ4v) is 6.44. The number of carbonyl (C=O) groups is 3. The molecule has 1 fully saturated rings. The molecule has 186 valence electrons. The molecular weight excluding hydrogens is 456 g/mol. The zero-order chi connectivity index (χ0) is 25.4. The summed E-state index contributed by atoms with van der Waals surface area (Å²) in [7, 11) is 3.20. The average Bonchev–Trinajstić information content (AvgIpc) is 3.30. The van der Waals surface area contributed by atoms with Gasteiger partial charge in [0.05, 0.1) is 18.2 Å². The van der Waals surface area contributed by atoms with Crippen LogP contribution in [0.2, 0.25) is 0 Å². The first-order chi connectivity index (χ1) is 16.5. The van der Waals surface area contributed by atoms with Crippen LogP contribution in [-0.2, 0) is 20.7 Å². The third-order valence-corrected chi connectivity index (χ3v) is 8.01. The van der Waals surface area contributed by atoms with E-state index >= 15 is 0 Å². The van der Waals surface area contributed by atoms with E-state index in [0.717, 1.165) is 12.0 Å². The van der Waals surface area contributed by atoms with Crippen LogP contribution in [0.3, 0.4) is 0 Å². The Morgan fingerprint density at radius 2 is 1.89 bits per heavy atom. The third kappa shape index (κ3) is 3.10. The van der Waals surface area contributed by atoms with Gasteiger partial charge in [0.25, 0.3) is 5.91 Å². The SMILES string of the molecule is CN(C)[C@H]1C(O)=C(C(N)=O)C(=O)[C@@]2(O)C(O)=C3C(=O)c4c(O)ccc(C5CCOC5)c4C[C@@H]3C[C@@H]12. The first-order valence-corrected chi connectivity index (χ1v) is 11.6. The van der Waals surface area contributed by atoms with Gasteiger partial charge in [-0.15, -0.1) is 0 Å². The molecule has 0 saturated carbocycles. The van der Waals surface area contributed by atoms with Crippen LogP contribution >= 0.6 is 0 Å². The summed E-state index contributed by atoms with van der Waals surface area (Å²) in [4.78, 5) is 40.5. The maximum atomic E-state index is 13.7. The van der Waals surface area contributed by atoms with Gasteiger partial charge in [-0.05, 0) is 56.5 Å². The number of amides is 1. The summed E-state index contributed by atoms with van der Waals surface area (Å²) >= 11 is 0. The minimum Gasteiger partial charge on any atom is -0.510 e. The van der Waals surface area contributed by atoms with Crippen LogP contribution in [0, 0.1) is 11.8 Å². The number of phenols is 1. The van der Waals surface area contributed by atoms with E-state index in [1.165, 1.54) is 11.0 Å². The van der Waals surface area contributed by atoms with Crippen molar-refractivity contribution in [3.05, 3.63) is 51.5 Å². The van der Waals surface area contributed by atoms with Crippen molar-refractivity contribution in [2.45, 2.75) is 36.8 Å². The van der Waals surface area contributed by atoms with E-state index in [9.17, 15) is 34.8 Å². The van der Waals surface area contributed by atoms with Crippen LogP contribution < -0.4 is 5.73 Å². The minimum atomic E-state index is -2.63. The van der Waals surface area contributed by atoms with Gasteiger partial charge in [-0.3, -0.25) is 19.3 Å². The minimum absolute atomic E-state index is 0.0372. The second kappa shape index (κ2) is 7.91. The summed E-state index contributed by atoms with van der Waals surface area (Å²) in [5.74, 6) is -6.40. The predicted molar refractivity (Wildman–Crippen MR) is 122 cm³/mol. The molecule has 1 saturated heterocycles. The Labute approximate surface area is 201 Å². The molecule has 1 aromatic rings. The molecule has 1 aromatic carbocycles. The number of aliphatic hydroxyl groups is 3. The molecule has 5 rings (SSSR count). The Morgan fingerprint density at radius 3 is 2.49 bits per heavy atom. The van der Waals surface area contributed by atoms with Gasteiger partial charge in [0.15, 0.2) is 11.4 Å². The molecule has 35 heavy (non-hydrogen) atoms. The molecule has 1 aliphatic heterocycles. The van der Waals surface area contributed by atoms with E-state index in [-0.39, 0.29) is 35.6 Å². The number of nitrogens with two attached hydrogens (primary N) is 1. The second-order valence-electron chi connectivity index (χ2n) is 10.1. The number of Topliss-reactive ketones (excluding diaryl/α,β-unsaturated/α-hetero) is 2. The van der Waals surface area contributed by atoms with Gasteiger partial charge >= 0.3 is 0 Å². The van der Waals surface area contributed by atoms with E-state index in [1.54, 1.807) is 20.2 Å². The molecule has 3 aliphatic carbocycles. The Balaban J connectivity index is 1.70. The van der Waals surface area contributed by atoms with Gasteiger partial charge in [0.2, 0.25) is 5.78 Å². The van der Waals surface area contributed by atoms with Gasteiger partial charge in [-0.1, -0.05) is 6.07 Å². The summed E-state index contributed by atoms with van der Waals surface area (Å²) in [5, 5.41) is 44.3. The van der Waals surface area contributed by atoms with E-state index in [1.807, 2.05) is 0 Å². The Kier molecular flexibility index (Phi) is 5.31. The molecule has 4 aliphatic rings. The molecule has 1 amide bonds. The van der Waals surface area contributed by atoms with Crippen LogP contribution in [0.25, 0.3) is 0 Å². The highest BCUT2D eigenvalue weighted by molar-refractivity contribution is 6.24. The lowest BCUT2D eigenvalue weighted by atomic mass is 9.58. The number of fused-ring (bicyclic) bond motifs is 3. The lowest BCUT2D eigenvalue weighted by molar-refractivity contribution is -0.148. The number of rotatable bonds is 3. The van der Waals surface area contributed by atoms with Crippen LogP contribution in [-0.4, -0.2) is 81.8 Å². The molecular formula is C25H28N2O8. The number of ketones is 2. The zero-order valence-electron chi connectivity index (χ0n) is 19.4. The number of allylic oxidation sites excluding steroid dienone is 1. The number of aliphatic hydroxyl groups excluding tert-OH is 2. The third-order valence-electron chi connectivity index (χ3n) is 8.01. The van der Waals surface area contributed by atoms with Crippen LogP contribution in [0.1, 0.15) is 40.2 Å². The predicted octanol–water partition coefficient (Wildman–Crippen LogP) is 0.625. The fourth-order valence-electron chi connectivity index (χ4n) is 6.44. The maximum absolute atomic E-state index is 13.7. The first-order valence-electron chi connectivity index (χ1n) is 11.6. The summed E-state index contributed by atoms with van der Waals surface area (Å²) in [6.45, 7) is 1.09. The number of nitrogens with zero attached hydrogens (tertiary/aromatic N) is 1. The summed E-state index contributed by atoms with van der Waals surface area (Å²) < 4.78 is 5.52. The summed E-state index contributed by atoms with van der Waals surface area (Å²) in [5.41, 5.74) is 3.34. The number of hydrogen-bond donors (Lipinski definition) is 5. The van der Waals surface area contributed by atoms with Crippen molar-refractivity contribution in [1.29, 1.82) is 0 Å². The smallest absolute Gasteiger partial charge is 0.255 e. The van der Waals surface area contributed by atoms with E-state index < -0.39 is 58.0 Å². The monoisotopic (exact) mass is 484 g/mol. The average molecular weight is 485 g/mol. The molecule has 0 radical (unpaired) electrons. The largest absolute Gasteiger partial charge is 0.510 e. The van der Waals surface area contributed by atoms with Crippen LogP contribution in [0.4, 0.5) is 0 Å². The van der Waals surface area contributed by atoms with Crippen molar-refractivity contribution >= 4 is 17.5 Å². The van der Waals surface area contributed by atoms with E-state index in [2.05, 4.69) is 0 Å². The molecule has 10 heteroatoms. The lowest BCUT2D eigenvalue weighted by Crippen LogP contribution is -2.63. The number of ether oxygens (including phenoxy) is 1. The van der Waals surface area contributed by atoms with E-state index in [4.69, 9.17) is 10.5 Å². The molecule has 6 N–H and O–H groups in total. The standard InChI is InChI=1S/C25H28N2O8/c1-27(2)19-14-8-11-7-13-12(10-5-6-35-9-10)3-4-15(28)17(13)20(29)16(11)22(31)25(14,34)23(32)18(21(19)30)24(26)33/h3-4,10-11,14,19,28,30-31,34H,5-9H2,1-2H3,(H2,26,33)/t10?,11-,14+,19-,25+/m1/s1. The maximum Gasteiger partial charge on any atom is 0.255 e. The molecule has 0 aromatic heterocycles. The van der Waals surface area contributed by atoms with E-state index in [0.29, 0.717) is 18.8 Å². The van der Waals surface area contributed by atoms with Crippen molar-refractivity contribution in [1.82, 2.24) is 4.90 Å². The van der Waals surface area contributed by atoms with Crippen molar-refractivity contribution in [2.24, 2.45) is 17.6 Å². The number of likely N-dealkylation sites (N-methyl/N-ethyl adjacent to an activating group) is 1. The van der Waals surface area contributed by atoms with Gasteiger partial charge in [0.1, 0.15) is 22.8 Å². The van der Waals surface area contributed by atoms with Gasteiger partial charge < -0.3 is 30.9 Å². The molecule has 0 bridgehead atoms. The quantitative estimate of drug-likeness (QED) is 0.386. The number of phenolic OH excluding ortho intramolecular Hbond substituents is 1. The fraction of sp³-hybridized carbons (Fsp3) is 0.480. The first kappa shape index (κ1) is 23.5. The number of primary amides is 1. The second-order valence-corrected chi connectivity index (χ2v) is 10.1. The summed E-state index contributed by atoms with van der Waals surface area (Å²) in [6, 6.07) is 2.21. The van der Waals surface area contributed by atoms with Crippen molar-refractivity contribution < 1.29 is 39.5 Å². The van der Waals surface area contributed by atoms with Crippen molar-refractivity contribution in [2.75, 3.05) is 27.3 Å². The highest BCUT2D eigenvalue weighted by Crippen LogP contribution is 2.53. The molecule has 10 nitrogen and oxygen atoms in total. The van der Waals surface area contributed by atoms with Gasteiger partial charge in [-0.2, -0.15) is 0 Å². The highest BCUT2D eigenvalue weighted by atomic mass is 16.5. The molecule has 1 unspecified atom stereocenters. The molecule has 5 atom stereocenters. The highest BCUT2D eigenvalue weighted by Gasteiger charge is 2.63. The normalized spacial score (nSPS) is 32.6. The van der Waals surface area contributed by atoms with Crippen molar-refractivity contribution in [3.63, 3.8) is 0 Å². The number of benzene rings is 1.